The lowest BCUT2D eigenvalue weighted by atomic mass is 10.2. The van der Waals surface area contributed by atoms with Gasteiger partial charge in [0.25, 0.3) is 6.43 Å². The zero-order valence-corrected chi connectivity index (χ0v) is 15.9. The smallest absolute Gasteiger partial charge is 0.283 e. The Labute approximate surface area is 159 Å². The van der Waals surface area contributed by atoms with Crippen LogP contribution in [0.5, 0.6) is 0 Å². The van der Waals surface area contributed by atoms with Gasteiger partial charge in [-0.1, -0.05) is 23.2 Å². The number of aryl methyl sites for hydroxylation is 1. The third-order valence-electron chi connectivity index (χ3n) is 4.42. The summed E-state index contributed by atoms with van der Waals surface area (Å²) in [4.78, 5) is 14.1. The first kappa shape index (κ1) is 19.1. The van der Waals surface area contributed by atoms with E-state index in [4.69, 9.17) is 23.2 Å². The quantitative estimate of drug-likeness (QED) is 0.702. The molecular weight excluding hydrogens is 387 g/mol. The molecular formula is C16H19Cl2F2N5O. The highest BCUT2D eigenvalue weighted by Crippen LogP contribution is 2.45. The summed E-state index contributed by atoms with van der Waals surface area (Å²) in [6.07, 6.45) is 0.491. The summed E-state index contributed by atoms with van der Waals surface area (Å²) in [5.74, 6) is -0.177. The molecule has 2 heterocycles. The van der Waals surface area contributed by atoms with Crippen molar-refractivity contribution >= 4 is 29.1 Å². The van der Waals surface area contributed by atoms with Crippen molar-refractivity contribution in [3.8, 4) is 0 Å². The Bertz CT molecular complexity index is 816. The van der Waals surface area contributed by atoms with E-state index >= 15 is 0 Å². The predicted octanol–water partition coefficient (Wildman–Crippen LogP) is 3.88. The third kappa shape index (κ3) is 3.71. The van der Waals surface area contributed by atoms with Gasteiger partial charge in [-0.2, -0.15) is 10.2 Å². The van der Waals surface area contributed by atoms with Crippen LogP contribution in [0.1, 0.15) is 49.2 Å². The molecule has 0 unspecified atom stereocenters. The average Bonchev–Trinajstić information content (AvgIpc) is 3.29. The van der Waals surface area contributed by atoms with Crippen LogP contribution in [0.25, 0.3) is 0 Å². The molecule has 1 amide bonds. The van der Waals surface area contributed by atoms with Crippen molar-refractivity contribution in [3.05, 3.63) is 33.3 Å². The molecule has 1 fully saturated rings. The van der Waals surface area contributed by atoms with Crippen LogP contribution < -0.4 is 0 Å². The van der Waals surface area contributed by atoms with Crippen LogP contribution in [0, 0.1) is 0 Å². The fourth-order valence-corrected chi connectivity index (χ4v) is 3.43. The van der Waals surface area contributed by atoms with Gasteiger partial charge in [0, 0.05) is 19.5 Å². The maximum atomic E-state index is 13.1. The van der Waals surface area contributed by atoms with Crippen molar-refractivity contribution in [1.29, 1.82) is 0 Å². The first-order valence-corrected chi connectivity index (χ1v) is 9.07. The van der Waals surface area contributed by atoms with E-state index < -0.39 is 12.1 Å². The summed E-state index contributed by atoms with van der Waals surface area (Å²) >= 11 is 12.2. The van der Waals surface area contributed by atoms with Gasteiger partial charge in [0.1, 0.15) is 12.2 Å². The highest BCUT2D eigenvalue weighted by Gasteiger charge is 2.34. The molecule has 0 atom stereocenters. The number of halogens is 4. The Morgan fingerprint density at radius 1 is 1.38 bits per heavy atom. The number of likely N-dealkylation sites (N-methyl/N-ethyl adjacent to an activating group) is 1. The molecule has 0 radical (unpaired) electrons. The first-order chi connectivity index (χ1) is 12.3. The third-order valence-corrected chi connectivity index (χ3v) is 5.12. The molecule has 0 aliphatic heterocycles. The first-order valence-electron chi connectivity index (χ1n) is 8.31. The Balaban J connectivity index is 1.77. The molecule has 0 N–H and O–H groups in total. The minimum absolute atomic E-state index is 0.0231. The summed E-state index contributed by atoms with van der Waals surface area (Å²) in [6, 6.07) is 0. The van der Waals surface area contributed by atoms with E-state index in [9.17, 15) is 13.6 Å². The van der Waals surface area contributed by atoms with Gasteiger partial charge in [0.15, 0.2) is 0 Å². The number of aromatic nitrogens is 4. The van der Waals surface area contributed by atoms with Crippen molar-refractivity contribution in [2.75, 3.05) is 7.05 Å². The second-order valence-electron chi connectivity index (χ2n) is 6.32. The molecule has 1 aliphatic rings. The summed E-state index contributed by atoms with van der Waals surface area (Å²) in [5.41, 5.74) is 0.788. The van der Waals surface area contributed by atoms with Crippen LogP contribution in [0.2, 0.25) is 10.0 Å². The highest BCUT2D eigenvalue weighted by atomic mass is 35.5. The second kappa shape index (κ2) is 7.52. The minimum atomic E-state index is -2.77. The van der Waals surface area contributed by atoms with Crippen molar-refractivity contribution in [2.45, 2.75) is 51.7 Å². The van der Waals surface area contributed by atoms with Crippen LogP contribution >= 0.6 is 23.2 Å². The zero-order chi connectivity index (χ0) is 19.0. The van der Waals surface area contributed by atoms with E-state index in [0.29, 0.717) is 17.3 Å². The molecule has 1 saturated carbocycles. The summed E-state index contributed by atoms with van der Waals surface area (Å²) in [6.45, 7) is 2.67. The Morgan fingerprint density at radius 3 is 2.65 bits per heavy atom. The van der Waals surface area contributed by atoms with Crippen molar-refractivity contribution in [1.82, 2.24) is 24.5 Å². The fourth-order valence-electron chi connectivity index (χ4n) is 2.86. The van der Waals surface area contributed by atoms with Crippen molar-refractivity contribution in [2.24, 2.45) is 0 Å². The minimum Gasteiger partial charge on any atom is -0.338 e. The maximum Gasteiger partial charge on any atom is 0.283 e. The number of alkyl halides is 2. The predicted molar refractivity (Wildman–Crippen MR) is 93.6 cm³/mol. The van der Waals surface area contributed by atoms with E-state index in [1.165, 1.54) is 15.8 Å². The molecule has 26 heavy (non-hydrogen) atoms. The fraction of sp³-hybridized carbons (Fsp3) is 0.562. The molecule has 2 aromatic rings. The van der Waals surface area contributed by atoms with Crippen LogP contribution in [0.4, 0.5) is 8.78 Å². The van der Waals surface area contributed by atoms with E-state index in [1.54, 1.807) is 11.7 Å². The maximum absolute atomic E-state index is 13.1. The molecule has 0 spiro atoms. The molecule has 2 aromatic heterocycles. The van der Waals surface area contributed by atoms with Gasteiger partial charge in [0.2, 0.25) is 5.91 Å². The molecule has 6 nitrogen and oxygen atoms in total. The van der Waals surface area contributed by atoms with Gasteiger partial charge < -0.3 is 4.90 Å². The second-order valence-corrected chi connectivity index (χ2v) is 7.11. The zero-order valence-electron chi connectivity index (χ0n) is 14.4. The number of hydrogen-bond donors (Lipinski definition) is 0. The lowest BCUT2D eigenvalue weighted by molar-refractivity contribution is -0.131. The molecule has 142 valence electrons. The lowest BCUT2D eigenvalue weighted by Crippen LogP contribution is -2.31. The van der Waals surface area contributed by atoms with E-state index in [0.717, 1.165) is 18.5 Å². The van der Waals surface area contributed by atoms with Crippen LogP contribution in [0.15, 0.2) is 6.20 Å². The van der Waals surface area contributed by atoms with Gasteiger partial charge in [-0.15, -0.1) is 0 Å². The van der Waals surface area contributed by atoms with Crippen LogP contribution in [0.3, 0.4) is 0 Å². The number of amides is 1. The molecule has 0 saturated heterocycles. The summed E-state index contributed by atoms with van der Waals surface area (Å²) < 4.78 is 29.2. The SMILES string of the molecule is CCn1ncc(Cl)c1CN(C)C(=O)Cn1nc(C(F)F)c(Cl)c1C1CC1. The van der Waals surface area contributed by atoms with Gasteiger partial charge in [-0.05, 0) is 19.8 Å². The number of hydrogen-bond acceptors (Lipinski definition) is 3. The molecule has 0 aromatic carbocycles. The number of nitrogens with zero attached hydrogens (tertiary/aromatic N) is 5. The molecule has 3 rings (SSSR count). The lowest BCUT2D eigenvalue weighted by Gasteiger charge is -2.19. The topological polar surface area (TPSA) is 56.0 Å². The van der Waals surface area contributed by atoms with Gasteiger partial charge in [-0.3, -0.25) is 14.2 Å². The number of carbonyl (C=O) groups is 1. The van der Waals surface area contributed by atoms with Crippen LogP contribution in [-0.2, 0) is 24.4 Å². The van der Waals surface area contributed by atoms with Crippen molar-refractivity contribution < 1.29 is 13.6 Å². The summed E-state index contributed by atoms with van der Waals surface area (Å²) in [7, 11) is 1.63. The van der Waals surface area contributed by atoms with Gasteiger partial charge >= 0.3 is 0 Å². The van der Waals surface area contributed by atoms with E-state index in [1.807, 2.05) is 6.92 Å². The average molecular weight is 406 g/mol. The molecule has 1 aliphatic carbocycles. The number of rotatable bonds is 7. The van der Waals surface area contributed by atoms with E-state index in [-0.39, 0.29) is 29.9 Å². The number of carbonyl (C=O) groups excluding carboxylic acids is 1. The Kier molecular flexibility index (Phi) is 5.53. The Hall–Kier alpha value is -1.67. The molecule has 0 bridgehead atoms. The standard InChI is InChI=1S/C16H19Cl2F2N5O/c1-3-24-11(10(17)6-21-24)7-23(2)12(26)8-25-15(9-4-5-9)13(18)14(22-25)16(19)20/h6,9,16H,3-5,7-8H2,1-2H3. The normalized spacial score (nSPS) is 14.3. The molecule has 10 heteroatoms. The summed E-state index contributed by atoms with van der Waals surface area (Å²) in [5, 5.41) is 8.48. The largest absolute Gasteiger partial charge is 0.338 e. The Morgan fingerprint density at radius 2 is 2.08 bits per heavy atom. The van der Waals surface area contributed by atoms with Gasteiger partial charge in [0.05, 0.1) is 34.2 Å². The van der Waals surface area contributed by atoms with Crippen molar-refractivity contribution in [3.63, 3.8) is 0 Å². The van der Waals surface area contributed by atoms with Gasteiger partial charge in [-0.25, -0.2) is 8.78 Å². The highest BCUT2D eigenvalue weighted by molar-refractivity contribution is 6.32. The van der Waals surface area contributed by atoms with E-state index in [2.05, 4.69) is 10.2 Å². The monoisotopic (exact) mass is 405 g/mol. The van der Waals surface area contributed by atoms with Crippen LogP contribution in [-0.4, -0.2) is 37.4 Å².